The molecule has 2 aliphatic heterocycles. The zero-order valence-corrected chi connectivity index (χ0v) is 35.4. The van der Waals surface area contributed by atoms with E-state index in [0.717, 1.165) is 36.6 Å². The van der Waals surface area contributed by atoms with Crippen LogP contribution >= 0.6 is 34.5 Å². The Balaban J connectivity index is 1.14. The number of hydrogen-bond donors (Lipinski definition) is 1. The molecule has 4 amide bonds. The van der Waals surface area contributed by atoms with Crippen LogP contribution < -0.4 is 9.91 Å². The first-order valence-electron chi connectivity index (χ1n) is 19.2. The van der Waals surface area contributed by atoms with Gasteiger partial charge in [0.2, 0.25) is 11.8 Å². The second-order valence-corrected chi connectivity index (χ2v) is 18.3. The van der Waals surface area contributed by atoms with Crippen LogP contribution in [0.4, 0.5) is 24.8 Å². The highest BCUT2D eigenvalue weighted by Gasteiger charge is 2.68. The molecule has 17 heteroatoms. The number of aromatic hydroxyl groups is 1. The molecule has 5 heterocycles. The van der Waals surface area contributed by atoms with Crippen LogP contribution in [0.2, 0.25) is 10.0 Å². The summed E-state index contributed by atoms with van der Waals surface area (Å²) in [5.74, 6) is -6.71. The highest BCUT2D eigenvalue weighted by Crippen LogP contribution is 2.64. The number of hydrazine groups is 1. The first-order chi connectivity index (χ1) is 28.2. The van der Waals surface area contributed by atoms with E-state index in [1.54, 1.807) is 46.0 Å². The smallest absolute Gasteiger partial charge is 0.433 e. The Morgan fingerprint density at radius 3 is 2.33 bits per heavy atom. The molecule has 6 unspecified atom stereocenters. The minimum Gasteiger partial charge on any atom is -0.507 e. The maximum Gasteiger partial charge on any atom is 0.433 e. The molecule has 3 aromatic heterocycles. The summed E-state index contributed by atoms with van der Waals surface area (Å²) in [6.07, 6.45) is -2.81. The van der Waals surface area contributed by atoms with Gasteiger partial charge < -0.3 is 5.11 Å². The summed E-state index contributed by atoms with van der Waals surface area (Å²) >= 11 is 14.2. The third kappa shape index (κ3) is 5.68. The Hall–Kier alpha value is -5.25. The van der Waals surface area contributed by atoms with Crippen molar-refractivity contribution in [1.29, 1.82) is 0 Å². The molecule has 1 N–H and O–H groups in total. The molecule has 310 valence electrons. The lowest BCUT2D eigenvalue weighted by molar-refractivity contribution is -0.141. The second-order valence-electron chi connectivity index (χ2n) is 16.4. The number of carbonyl (C=O) groups excluding carboxylic acids is 4. The van der Waals surface area contributed by atoms with Gasteiger partial charge in [0.25, 0.3) is 11.8 Å². The van der Waals surface area contributed by atoms with E-state index in [-0.39, 0.29) is 29.4 Å². The summed E-state index contributed by atoms with van der Waals surface area (Å²) in [7, 11) is 2.92. The van der Waals surface area contributed by atoms with Gasteiger partial charge in [-0.3, -0.25) is 28.9 Å². The van der Waals surface area contributed by atoms with Crippen LogP contribution in [-0.2, 0) is 32.4 Å². The highest BCUT2D eigenvalue weighted by atomic mass is 35.5. The minimum absolute atomic E-state index is 0.0388. The standard InChI is InChI=1S/C43H37Cl2F3N6O5S/c1-18-13-21(14-19(2)35(18)55)34-23-8-9-24-33(40(58)54(38(24)56)52(6)37-28(45)10-12-31(49-37)43(46,47)48)26(23)16-27-39(57)53(41(59)42(27,34)4)32-17-29(50-51(32)5)36-20(3)25-15-22(44)7-11-30(25)60-36/h7-8,10-15,17,24,26-27,33-34,55H,9,16H2,1-6H3. The number of benzene rings is 2. The third-order valence-corrected chi connectivity index (χ3v) is 14.9. The number of carbonyl (C=O) groups is 4. The SMILES string of the molecule is Cc1cc(C2C3=CCC4C(=O)N(N(C)c5nc(C(F)(F)F)ccc5Cl)C(=O)C4C3CC3C(=O)N(c4cc(-c5sc6ccc(Cl)cc6c5C)nn4C)C(=O)C32C)cc(C)c1O. The Morgan fingerprint density at radius 2 is 1.65 bits per heavy atom. The predicted molar refractivity (Wildman–Crippen MR) is 220 cm³/mol. The third-order valence-electron chi connectivity index (χ3n) is 13.0. The van der Waals surface area contributed by atoms with Crippen molar-refractivity contribution < 1.29 is 37.5 Å². The highest BCUT2D eigenvalue weighted by molar-refractivity contribution is 7.22. The molecule has 11 nitrogen and oxygen atoms in total. The van der Waals surface area contributed by atoms with Crippen molar-refractivity contribution in [1.82, 2.24) is 19.8 Å². The fraction of sp³-hybridized carbons (Fsp3) is 0.349. The predicted octanol–water partition coefficient (Wildman–Crippen LogP) is 8.94. The number of aromatic nitrogens is 3. The van der Waals surface area contributed by atoms with E-state index in [0.29, 0.717) is 39.0 Å². The van der Waals surface area contributed by atoms with Gasteiger partial charge in [-0.1, -0.05) is 47.0 Å². The molecule has 60 heavy (non-hydrogen) atoms. The van der Waals surface area contributed by atoms with Gasteiger partial charge >= 0.3 is 6.18 Å². The molecule has 2 saturated heterocycles. The lowest BCUT2D eigenvalue weighted by atomic mass is 9.51. The molecule has 3 fully saturated rings. The number of nitrogens with zero attached hydrogens (tertiary/aromatic N) is 6. The van der Waals surface area contributed by atoms with Gasteiger partial charge in [0, 0.05) is 35.8 Å². The number of alkyl halides is 3. The molecular weight excluding hydrogens is 840 g/mol. The van der Waals surface area contributed by atoms with Crippen LogP contribution in [0.15, 0.2) is 60.2 Å². The zero-order chi connectivity index (χ0) is 43.1. The normalized spacial score (nSPS) is 25.2. The number of aryl methyl sites for hydroxylation is 4. The van der Waals surface area contributed by atoms with E-state index in [1.807, 2.05) is 31.2 Å². The molecule has 0 radical (unpaired) electrons. The van der Waals surface area contributed by atoms with Gasteiger partial charge in [-0.25, -0.2) is 9.88 Å². The Kier molecular flexibility index (Phi) is 9.13. The fourth-order valence-corrected chi connectivity index (χ4v) is 11.7. The van der Waals surface area contributed by atoms with E-state index in [2.05, 4.69) is 4.98 Å². The summed E-state index contributed by atoms with van der Waals surface area (Å²) in [6, 6.07) is 12.7. The van der Waals surface area contributed by atoms with Crippen molar-refractivity contribution in [2.75, 3.05) is 17.0 Å². The summed E-state index contributed by atoms with van der Waals surface area (Å²) < 4.78 is 43.7. The fourth-order valence-electron chi connectivity index (χ4n) is 10.2. The number of rotatable bonds is 5. The molecule has 1 saturated carbocycles. The second kappa shape index (κ2) is 13.6. The van der Waals surface area contributed by atoms with Crippen molar-refractivity contribution >= 4 is 79.9 Å². The largest absolute Gasteiger partial charge is 0.507 e. The van der Waals surface area contributed by atoms with Gasteiger partial charge in [0.05, 0.1) is 33.1 Å². The van der Waals surface area contributed by atoms with Gasteiger partial charge in [-0.05, 0) is 104 Å². The molecule has 2 aromatic carbocycles. The molecule has 4 aliphatic rings. The summed E-state index contributed by atoms with van der Waals surface area (Å²) in [4.78, 5) is 64.7. The van der Waals surface area contributed by atoms with E-state index >= 15 is 4.79 Å². The van der Waals surface area contributed by atoms with Gasteiger partial charge in [-0.2, -0.15) is 23.3 Å². The van der Waals surface area contributed by atoms with E-state index in [1.165, 1.54) is 28.0 Å². The van der Waals surface area contributed by atoms with E-state index < -0.39 is 76.3 Å². The average Bonchev–Trinajstić information content (AvgIpc) is 3.86. The molecule has 9 rings (SSSR count). The number of phenolic OH excluding ortho intramolecular Hbond substituents is 1. The topological polar surface area (TPSA) is 129 Å². The van der Waals surface area contributed by atoms with Crippen LogP contribution in [0.3, 0.4) is 0 Å². The zero-order valence-electron chi connectivity index (χ0n) is 33.1. The van der Waals surface area contributed by atoms with Gasteiger partial charge in [0.1, 0.15) is 23.0 Å². The van der Waals surface area contributed by atoms with Gasteiger partial charge in [-0.15, -0.1) is 11.3 Å². The van der Waals surface area contributed by atoms with Crippen molar-refractivity contribution in [3.63, 3.8) is 0 Å². The van der Waals surface area contributed by atoms with E-state index in [4.69, 9.17) is 28.3 Å². The van der Waals surface area contributed by atoms with Gasteiger partial charge in [0.15, 0.2) is 5.82 Å². The Bertz CT molecular complexity index is 2760. The number of thiophene rings is 1. The van der Waals surface area contributed by atoms with Crippen LogP contribution in [0, 0.1) is 49.9 Å². The Morgan fingerprint density at radius 1 is 0.950 bits per heavy atom. The van der Waals surface area contributed by atoms with Crippen LogP contribution in [0.5, 0.6) is 5.75 Å². The summed E-state index contributed by atoms with van der Waals surface area (Å²) in [5.41, 5.74) is 1.35. The maximum absolute atomic E-state index is 15.2. The average molecular weight is 878 g/mol. The molecular formula is C43H37Cl2F3N6O5S. The number of amides is 4. The van der Waals surface area contributed by atoms with Crippen LogP contribution in [0.25, 0.3) is 20.7 Å². The van der Waals surface area contributed by atoms with E-state index in [9.17, 15) is 32.7 Å². The molecule has 2 aliphatic carbocycles. The number of allylic oxidation sites excluding steroid dienone is 2. The maximum atomic E-state index is 15.2. The number of fused-ring (bicyclic) bond motifs is 5. The number of anilines is 2. The minimum atomic E-state index is -4.82. The number of pyridine rings is 1. The van der Waals surface area contributed by atoms with Crippen LogP contribution in [0.1, 0.15) is 53.6 Å². The molecule has 6 atom stereocenters. The Labute approximate surface area is 355 Å². The van der Waals surface area contributed by atoms with Crippen LogP contribution in [-0.4, -0.2) is 55.6 Å². The molecule has 5 aromatic rings. The first-order valence-corrected chi connectivity index (χ1v) is 20.8. The van der Waals surface area contributed by atoms with Crippen molar-refractivity contribution in [3.05, 3.63) is 98.2 Å². The molecule has 0 bridgehead atoms. The quantitative estimate of drug-likeness (QED) is 0.137. The molecule has 0 spiro atoms. The summed E-state index contributed by atoms with van der Waals surface area (Å²) in [6.45, 7) is 7.22. The van der Waals surface area contributed by atoms with Crippen molar-refractivity contribution in [2.45, 2.75) is 52.6 Å². The number of imide groups is 2. The monoisotopic (exact) mass is 876 g/mol. The number of phenols is 1. The lowest BCUT2D eigenvalue weighted by Gasteiger charge is -2.49. The van der Waals surface area contributed by atoms with Crippen molar-refractivity contribution in [3.8, 4) is 16.3 Å². The first kappa shape index (κ1) is 40.2. The summed E-state index contributed by atoms with van der Waals surface area (Å²) in [5, 5.41) is 18.7. The van der Waals surface area contributed by atoms with Crippen molar-refractivity contribution in [2.24, 2.45) is 36.1 Å². The number of halogens is 5. The lowest BCUT2D eigenvalue weighted by Crippen LogP contribution is -2.49. The number of hydrogen-bond acceptors (Lipinski definition) is 9.